The lowest BCUT2D eigenvalue weighted by Crippen LogP contribution is -1.96. The number of nitrogens with zero attached hydrogens (tertiary/aromatic N) is 2. The van der Waals surface area contributed by atoms with Crippen molar-refractivity contribution in [1.82, 2.24) is 0 Å². The minimum absolute atomic E-state index is 0.815. The smallest absolute Gasteiger partial charge is 0.0407 e. The van der Waals surface area contributed by atoms with Gasteiger partial charge in [0.05, 0.1) is 0 Å². The van der Waals surface area contributed by atoms with Gasteiger partial charge in [-0.1, -0.05) is 35.4 Å². The van der Waals surface area contributed by atoms with Gasteiger partial charge in [0.2, 0.25) is 0 Å². The summed E-state index contributed by atoms with van der Waals surface area (Å²) in [5.74, 6) is 0. The van der Waals surface area contributed by atoms with E-state index in [1.165, 1.54) is 44.5 Å². The Labute approximate surface area is 152 Å². The lowest BCUT2D eigenvalue weighted by molar-refractivity contribution is 0.850. The number of aliphatic imine (C=N–C) groups is 2. The first-order valence-electron chi connectivity index (χ1n) is 9.04. The summed E-state index contributed by atoms with van der Waals surface area (Å²) in [4.78, 5) is 9.17. The molecule has 0 spiro atoms. The molecule has 0 radical (unpaired) electrons. The fourth-order valence-corrected chi connectivity index (χ4v) is 3.35. The van der Waals surface area contributed by atoms with Gasteiger partial charge in [0.15, 0.2) is 0 Å². The molecule has 2 heteroatoms. The average Bonchev–Trinajstić information content (AvgIpc) is 2.50. The van der Waals surface area contributed by atoms with Crippen LogP contribution in [-0.4, -0.2) is 25.5 Å². The maximum Gasteiger partial charge on any atom is 0.0407 e. The molecule has 0 saturated heterocycles. The molecule has 0 fully saturated rings. The first-order chi connectivity index (χ1) is 11.9. The summed E-state index contributed by atoms with van der Waals surface area (Å²) in [5, 5.41) is 0. The number of benzene rings is 2. The van der Waals surface area contributed by atoms with Crippen LogP contribution < -0.4 is 0 Å². The fourth-order valence-electron chi connectivity index (χ4n) is 3.35. The van der Waals surface area contributed by atoms with Crippen LogP contribution in [0.5, 0.6) is 0 Å². The molecule has 0 atom stereocenters. The van der Waals surface area contributed by atoms with Gasteiger partial charge in [-0.2, -0.15) is 0 Å². The molecule has 0 saturated carbocycles. The van der Waals surface area contributed by atoms with Crippen molar-refractivity contribution in [3.05, 3.63) is 68.8 Å². The molecule has 0 aliphatic rings. The van der Waals surface area contributed by atoms with Gasteiger partial charge in [-0.05, 0) is 81.3 Å². The molecule has 0 aromatic heterocycles. The molecule has 132 valence electrons. The zero-order valence-corrected chi connectivity index (χ0v) is 16.5. The minimum Gasteiger partial charge on any atom is -0.292 e. The SMILES string of the molecule is Cc1cc(C)c(C=NCCCN=Cc2c(C)cc(C)cc2C)c(C)c1. The molecule has 0 unspecified atom stereocenters. The summed E-state index contributed by atoms with van der Waals surface area (Å²) in [5.41, 5.74) is 10.3. The van der Waals surface area contributed by atoms with E-state index in [2.05, 4.69) is 75.8 Å². The van der Waals surface area contributed by atoms with Crippen LogP contribution in [0.15, 0.2) is 34.3 Å². The zero-order chi connectivity index (χ0) is 18.4. The van der Waals surface area contributed by atoms with E-state index >= 15 is 0 Å². The molecule has 0 N–H and O–H groups in total. The van der Waals surface area contributed by atoms with Gasteiger partial charge in [0.25, 0.3) is 0 Å². The van der Waals surface area contributed by atoms with Crippen LogP contribution >= 0.6 is 0 Å². The Morgan fingerprint density at radius 1 is 0.600 bits per heavy atom. The van der Waals surface area contributed by atoms with Crippen molar-refractivity contribution in [2.24, 2.45) is 9.98 Å². The van der Waals surface area contributed by atoms with Crippen molar-refractivity contribution in [3.63, 3.8) is 0 Å². The van der Waals surface area contributed by atoms with Crippen LogP contribution in [0.4, 0.5) is 0 Å². The molecule has 25 heavy (non-hydrogen) atoms. The molecular formula is C23H30N2. The Bertz CT molecular complexity index is 684. The Kier molecular flexibility index (Phi) is 6.69. The molecule has 2 aromatic rings. The first kappa shape index (κ1) is 19.1. The summed E-state index contributed by atoms with van der Waals surface area (Å²) in [6, 6.07) is 8.85. The van der Waals surface area contributed by atoms with Crippen molar-refractivity contribution in [3.8, 4) is 0 Å². The average molecular weight is 335 g/mol. The molecule has 0 aliphatic heterocycles. The van der Waals surface area contributed by atoms with E-state index in [-0.39, 0.29) is 0 Å². The van der Waals surface area contributed by atoms with Crippen LogP contribution in [0, 0.1) is 41.5 Å². The van der Waals surface area contributed by atoms with Crippen LogP contribution in [-0.2, 0) is 0 Å². The second kappa shape index (κ2) is 8.75. The summed E-state index contributed by atoms with van der Waals surface area (Å²) in [6.45, 7) is 14.5. The fraction of sp³-hybridized carbons (Fsp3) is 0.391. The summed E-state index contributed by atoms with van der Waals surface area (Å²) < 4.78 is 0. The largest absolute Gasteiger partial charge is 0.292 e. The quantitative estimate of drug-likeness (QED) is 0.495. The third-order valence-electron chi connectivity index (χ3n) is 4.49. The molecule has 0 bridgehead atoms. The lowest BCUT2D eigenvalue weighted by atomic mass is 10.0. The van der Waals surface area contributed by atoms with Gasteiger partial charge in [-0.15, -0.1) is 0 Å². The zero-order valence-electron chi connectivity index (χ0n) is 16.5. The third-order valence-corrected chi connectivity index (χ3v) is 4.49. The minimum atomic E-state index is 0.815. The van der Waals surface area contributed by atoms with Crippen molar-refractivity contribution in [1.29, 1.82) is 0 Å². The van der Waals surface area contributed by atoms with Crippen LogP contribution in [0.1, 0.15) is 50.9 Å². The normalized spacial score (nSPS) is 11.8. The molecule has 2 rings (SSSR count). The van der Waals surface area contributed by atoms with Crippen molar-refractivity contribution in [2.45, 2.75) is 48.0 Å². The Morgan fingerprint density at radius 3 is 1.24 bits per heavy atom. The van der Waals surface area contributed by atoms with Gasteiger partial charge in [0.1, 0.15) is 0 Å². The highest BCUT2D eigenvalue weighted by molar-refractivity contribution is 5.84. The lowest BCUT2D eigenvalue weighted by Gasteiger charge is -2.06. The summed E-state index contributed by atoms with van der Waals surface area (Å²) >= 11 is 0. The Morgan fingerprint density at radius 2 is 0.920 bits per heavy atom. The molecule has 2 aromatic carbocycles. The van der Waals surface area contributed by atoms with E-state index in [0.717, 1.165) is 19.5 Å². The molecular weight excluding hydrogens is 304 g/mol. The Hall–Kier alpha value is -2.22. The number of hydrogen-bond donors (Lipinski definition) is 0. The van der Waals surface area contributed by atoms with E-state index in [1.54, 1.807) is 0 Å². The predicted molar refractivity (Wildman–Crippen MR) is 111 cm³/mol. The topological polar surface area (TPSA) is 24.7 Å². The predicted octanol–water partition coefficient (Wildman–Crippen LogP) is 5.47. The molecule has 0 heterocycles. The van der Waals surface area contributed by atoms with Crippen LogP contribution in [0.2, 0.25) is 0 Å². The van der Waals surface area contributed by atoms with Crippen LogP contribution in [0.3, 0.4) is 0 Å². The van der Waals surface area contributed by atoms with Gasteiger partial charge < -0.3 is 0 Å². The molecule has 0 aliphatic carbocycles. The van der Waals surface area contributed by atoms with Gasteiger partial charge in [0, 0.05) is 25.5 Å². The van der Waals surface area contributed by atoms with Crippen LogP contribution in [0.25, 0.3) is 0 Å². The summed E-state index contributed by atoms with van der Waals surface area (Å²) in [7, 11) is 0. The summed E-state index contributed by atoms with van der Waals surface area (Å²) in [6.07, 6.45) is 5.01. The van der Waals surface area contributed by atoms with E-state index in [4.69, 9.17) is 0 Å². The number of hydrogen-bond acceptors (Lipinski definition) is 2. The van der Waals surface area contributed by atoms with E-state index < -0.39 is 0 Å². The van der Waals surface area contributed by atoms with Gasteiger partial charge >= 0.3 is 0 Å². The second-order valence-corrected chi connectivity index (χ2v) is 7.05. The highest BCUT2D eigenvalue weighted by Crippen LogP contribution is 2.15. The highest BCUT2D eigenvalue weighted by Gasteiger charge is 2.01. The second-order valence-electron chi connectivity index (χ2n) is 7.05. The van der Waals surface area contributed by atoms with E-state index in [1.807, 2.05) is 12.4 Å². The van der Waals surface area contributed by atoms with Gasteiger partial charge in [-0.3, -0.25) is 9.98 Å². The molecule has 0 amide bonds. The number of aryl methyl sites for hydroxylation is 6. The Balaban J connectivity index is 1.86. The standard InChI is InChI=1S/C23H30N2/c1-16-10-18(3)22(19(4)11-16)14-24-8-7-9-25-15-23-20(5)12-17(2)13-21(23)6/h10-15H,7-9H2,1-6H3. The van der Waals surface area contributed by atoms with E-state index in [9.17, 15) is 0 Å². The first-order valence-corrected chi connectivity index (χ1v) is 9.04. The van der Waals surface area contributed by atoms with E-state index in [0.29, 0.717) is 0 Å². The maximum atomic E-state index is 4.59. The maximum absolute atomic E-state index is 4.59. The third kappa shape index (κ3) is 5.38. The van der Waals surface area contributed by atoms with Crippen molar-refractivity contribution >= 4 is 12.4 Å². The van der Waals surface area contributed by atoms with Crippen molar-refractivity contribution < 1.29 is 0 Å². The van der Waals surface area contributed by atoms with Gasteiger partial charge in [-0.25, -0.2) is 0 Å². The van der Waals surface area contributed by atoms with Crippen molar-refractivity contribution in [2.75, 3.05) is 13.1 Å². The number of rotatable bonds is 6. The highest BCUT2D eigenvalue weighted by atomic mass is 14.7. The monoisotopic (exact) mass is 334 g/mol. The molecule has 2 nitrogen and oxygen atoms in total.